The maximum Gasteiger partial charge on any atom is 0.253 e. The molecule has 1 unspecified atom stereocenters. The third kappa shape index (κ3) is 4.41. The van der Waals surface area contributed by atoms with E-state index in [4.69, 9.17) is 0 Å². The number of hydrogen-bond acceptors (Lipinski definition) is 5. The number of halogens is 1. The molecule has 2 aromatic heterocycles. The van der Waals surface area contributed by atoms with Crippen molar-refractivity contribution in [2.75, 3.05) is 31.1 Å². The lowest BCUT2D eigenvalue weighted by atomic mass is 9.96. The maximum atomic E-state index is 14.1. The summed E-state index contributed by atoms with van der Waals surface area (Å²) in [6.45, 7) is 5.28. The zero-order chi connectivity index (χ0) is 24.4. The Labute approximate surface area is 203 Å². The lowest BCUT2D eigenvalue weighted by Crippen LogP contribution is -2.48. The Balaban J connectivity index is 1.48. The van der Waals surface area contributed by atoms with Gasteiger partial charge in [-0.25, -0.2) is 9.37 Å². The van der Waals surface area contributed by atoms with Crippen LogP contribution in [-0.4, -0.2) is 40.6 Å². The molecule has 1 fully saturated rings. The van der Waals surface area contributed by atoms with Crippen LogP contribution in [0.5, 0.6) is 0 Å². The molecule has 3 heterocycles. The smallest absolute Gasteiger partial charge is 0.253 e. The fraction of sp³-hybridized carbons (Fsp3) is 0.250. The van der Waals surface area contributed by atoms with Crippen LogP contribution >= 0.6 is 0 Å². The highest BCUT2D eigenvalue weighted by molar-refractivity contribution is 5.88. The molecular weight excluding hydrogens is 441 g/mol. The van der Waals surface area contributed by atoms with Crippen molar-refractivity contribution in [1.82, 2.24) is 14.5 Å². The predicted octanol–water partition coefficient (Wildman–Crippen LogP) is 4.34. The second kappa shape index (κ2) is 9.69. The normalized spacial score (nSPS) is 15.2. The third-order valence-electron chi connectivity index (χ3n) is 6.66. The van der Waals surface area contributed by atoms with Gasteiger partial charge in [0.2, 0.25) is 0 Å². The number of rotatable bonds is 5. The number of benzene rings is 2. The van der Waals surface area contributed by atoms with E-state index in [1.165, 1.54) is 6.07 Å². The first-order valence-electron chi connectivity index (χ1n) is 11.8. The van der Waals surface area contributed by atoms with Gasteiger partial charge in [-0.3, -0.25) is 9.69 Å². The van der Waals surface area contributed by atoms with Crippen LogP contribution in [0.25, 0.3) is 11.0 Å². The highest BCUT2D eigenvalue weighted by Crippen LogP contribution is 2.32. The number of aromatic nitrogens is 2. The summed E-state index contributed by atoms with van der Waals surface area (Å²) >= 11 is 0. The first kappa shape index (κ1) is 22.8. The zero-order valence-corrected chi connectivity index (χ0v) is 19.6. The minimum absolute atomic E-state index is 0.0674. The van der Waals surface area contributed by atoms with Gasteiger partial charge in [0.05, 0.1) is 17.2 Å². The summed E-state index contributed by atoms with van der Waals surface area (Å²) in [6, 6.07) is 24.1. The summed E-state index contributed by atoms with van der Waals surface area (Å²) in [5, 5.41) is 9.38. The Morgan fingerprint density at radius 3 is 2.40 bits per heavy atom. The summed E-state index contributed by atoms with van der Waals surface area (Å²) in [7, 11) is 0. The average molecular weight is 468 g/mol. The van der Waals surface area contributed by atoms with Crippen LogP contribution in [0.1, 0.15) is 29.8 Å². The summed E-state index contributed by atoms with van der Waals surface area (Å²) in [4.78, 5) is 21.9. The number of pyridine rings is 2. The number of piperazine rings is 1. The van der Waals surface area contributed by atoms with Crippen molar-refractivity contribution in [2.45, 2.75) is 19.5 Å². The number of fused-ring (bicyclic) bond motifs is 1. The fourth-order valence-corrected chi connectivity index (χ4v) is 5.02. The molecule has 1 saturated heterocycles. The van der Waals surface area contributed by atoms with E-state index in [1.807, 2.05) is 31.2 Å². The average Bonchev–Trinajstić information content (AvgIpc) is 2.89. The number of nitriles is 1. The topological polar surface area (TPSA) is 65.2 Å². The number of hydrogen-bond donors (Lipinski definition) is 0. The Kier molecular flexibility index (Phi) is 6.30. The van der Waals surface area contributed by atoms with Crippen molar-refractivity contribution in [2.24, 2.45) is 0 Å². The highest BCUT2D eigenvalue weighted by Gasteiger charge is 2.28. The summed E-state index contributed by atoms with van der Waals surface area (Å²) in [6.07, 6.45) is 0. The molecule has 0 bridgehead atoms. The van der Waals surface area contributed by atoms with Crippen molar-refractivity contribution >= 4 is 16.7 Å². The molecule has 4 aromatic rings. The SMILES string of the molecule is CCn1c(=O)cc(N2CCN(C(c3ccccc3)c3cccc(F)c3)CC2)c2nc(C#N)ccc21. The Morgan fingerprint density at radius 1 is 0.971 bits per heavy atom. The van der Waals surface area contributed by atoms with Crippen LogP contribution in [0.3, 0.4) is 0 Å². The van der Waals surface area contributed by atoms with Gasteiger partial charge >= 0.3 is 0 Å². The first-order chi connectivity index (χ1) is 17.1. The molecule has 0 amide bonds. The van der Waals surface area contributed by atoms with Crippen molar-refractivity contribution in [3.63, 3.8) is 0 Å². The molecule has 0 radical (unpaired) electrons. The van der Waals surface area contributed by atoms with E-state index in [-0.39, 0.29) is 17.4 Å². The summed E-state index contributed by atoms with van der Waals surface area (Å²) in [5.41, 5.74) is 4.44. The minimum atomic E-state index is -0.246. The lowest BCUT2D eigenvalue weighted by molar-refractivity contribution is 0.212. The number of anilines is 1. The third-order valence-corrected chi connectivity index (χ3v) is 6.66. The van der Waals surface area contributed by atoms with E-state index in [2.05, 4.69) is 33.0 Å². The lowest BCUT2D eigenvalue weighted by Gasteiger charge is -2.40. The quantitative estimate of drug-likeness (QED) is 0.437. The number of nitrogens with zero attached hydrogens (tertiary/aromatic N) is 5. The van der Waals surface area contributed by atoms with E-state index in [0.29, 0.717) is 30.8 Å². The van der Waals surface area contributed by atoms with Crippen molar-refractivity contribution in [3.05, 3.63) is 106 Å². The van der Waals surface area contributed by atoms with Crippen LogP contribution in [0.2, 0.25) is 0 Å². The van der Waals surface area contributed by atoms with Gasteiger partial charge < -0.3 is 9.47 Å². The van der Waals surface area contributed by atoms with Gasteiger partial charge in [-0.05, 0) is 42.3 Å². The van der Waals surface area contributed by atoms with Crippen molar-refractivity contribution in [1.29, 1.82) is 5.26 Å². The van der Waals surface area contributed by atoms with Gasteiger partial charge in [0, 0.05) is 38.8 Å². The molecule has 5 rings (SSSR count). The van der Waals surface area contributed by atoms with Crippen molar-refractivity contribution < 1.29 is 4.39 Å². The molecule has 0 spiro atoms. The molecule has 7 heteroatoms. The Bertz CT molecular complexity index is 1450. The van der Waals surface area contributed by atoms with E-state index >= 15 is 0 Å². The summed E-state index contributed by atoms with van der Waals surface area (Å²) in [5.74, 6) is -0.246. The van der Waals surface area contributed by atoms with E-state index < -0.39 is 0 Å². The molecule has 35 heavy (non-hydrogen) atoms. The van der Waals surface area contributed by atoms with Crippen LogP contribution in [-0.2, 0) is 6.54 Å². The van der Waals surface area contributed by atoms with Gasteiger partial charge in [-0.15, -0.1) is 0 Å². The molecule has 176 valence electrons. The van der Waals surface area contributed by atoms with E-state index in [9.17, 15) is 14.4 Å². The molecule has 6 nitrogen and oxygen atoms in total. The first-order valence-corrected chi connectivity index (χ1v) is 11.8. The zero-order valence-electron chi connectivity index (χ0n) is 19.6. The molecular formula is C28H26FN5O. The maximum absolute atomic E-state index is 14.1. The van der Waals surface area contributed by atoms with E-state index in [1.54, 1.807) is 34.9 Å². The summed E-state index contributed by atoms with van der Waals surface area (Å²) < 4.78 is 15.8. The fourth-order valence-electron chi connectivity index (χ4n) is 5.02. The van der Waals surface area contributed by atoms with Crippen molar-refractivity contribution in [3.8, 4) is 6.07 Å². The van der Waals surface area contributed by atoms with Crippen LogP contribution in [0.4, 0.5) is 10.1 Å². The van der Waals surface area contributed by atoms with Gasteiger partial charge in [0.25, 0.3) is 5.56 Å². The second-order valence-corrected chi connectivity index (χ2v) is 8.68. The van der Waals surface area contributed by atoms with E-state index in [0.717, 1.165) is 35.4 Å². The molecule has 0 saturated carbocycles. The molecule has 1 atom stereocenters. The largest absolute Gasteiger partial charge is 0.367 e. The molecule has 0 N–H and O–H groups in total. The predicted molar refractivity (Wildman–Crippen MR) is 135 cm³/mol. The monoisotopic (exact) mass is 467 g/mol. The molecule has 1 aliphatic heterocycles. The van der Waals surface area contributed by atoms with Crippen LogP contribution < -0.4 is 10.5 Å². The standard InChI is InChI=1S/C28H26FN5O/c1-2-34-24-12-11-23(19-30)31-27(24)25(18-26(34)35)32-13-15-33(16-14-32)28(20-7-4-3-5-8-20)21-9-6-10-22(29)17-21/h3-12,17-18,28H,2,13-16H2,1H3. The molecule has 0 aliphatic carbocycles. The van der Waals surface area contributed by atoms with Crippen LogP contribution in [0.15, 0.2) is 77.6 Å². The Hall–Kier alpha value is -4.02. The molecule has 1 aliphatic rings. The van der Waals surface area contributed by atoms with Gasteiger partial charge in [-0.2, -0.15) is 5.26 Å². The highest BCUT2D eigenvalue weighted by atomic mass is 19.1. The Morgan fingerprint density at radius 2 is 1.71 bits per heavy atom. The number of aryl methyl sites for hydroxylation is 1. The minimum Gasteiger partial charge on any atom is -0.367 e. The van der Waals surface area contributed by atoms with Crippen LogP contribution in [0, 0.1) is 17.1 Å². The van der Waals surface area contributed by atoms with Gasteiger partial charge in [0.15, 0.2) is 0 Å². The van der Waals surface area contributed by atoms with Gasteiger partial charge in [0.1, 0.15) is 23.1 Å². The van der Waals surface area contributed by atoms with Gasteiger partial charge in [-0.1, -0.05) is 42.5 Å². The second-order valence-electron chi connectivity index (χ2n) is 8.68. The molecule has 2 aromatic carbocycles.